The Morgan fingerprint density at radius 2 is 0.742 bits per heavy atom. The first-order valence-corrected chi connectivity index (χ1v) is 21.2. The maximum Gasteiger partial charge on any atom is 0.162 e. The topological polar surface area (TPSA) is 35.6 Å². The van der Waals surface area contributed by atoms with Gasteiger partial charge in [-0.25, -0.2) is 9.97 Å². The summed E-state index contributed by atoms with van der Waals surface area (Å²) in [6.45, 7) is 0. The van der Waals surface area contributed by atoms with Gasteiger partial charge in [-0.15, -0.1) is 0 Å². The molecular weight excluding hydrogens is 753 g/mol. The Bertz CT molecular complexity index is 3840. The first-order chi connectivity index (χ1) is 30.7. The van der Waals surface area contributed by atoms with Gasteiger partial charge in [-0.1, -0.05) is 164 Å². The SMILES string of the molecule is c1ccc(-c2nc(-c3cccc(-c4ccc5c6ccccc6c6ccccc6c5c4)c3)cc(-n3c4ccccc4c4cc(-n5c6ccccc6c6ccccc65)ccc43)n2)cc1. The van der Waals surface area contributed by atoms with Crippen molar-refractivity contribution in [2.24, 2.45) is 0 Å². The van der Waals surface area contributed by atoms with Crippen molar-refractivity contribution in [2.75, 3.05) is 0 Å². The fraction of sp³-hybridized carbons (Fsp3) is 0. The van der Waals surface area contributed by atoms with E-state index in [1.165, 1.54) is 70.5 Å². The number of hydrogen-bond donors (Lipinski definition) is 0. The second kappa shape index (κ2) is 13.6. The molecular formula is C58H36N4. The molecule has 0 saturated carbocycles. The molecule has 4 heteroatoms. The number of fused-ring (bicyclic) bond motifs is 12. The molecule has 0 amide bonds. The molecule has 0 spiro atoms. The van der Waals surface area contributed by atoms with E-state index in [1.807, 2.05) is 6.07 Å². The predicted octanol–water partition coefficient (Wildman–Crippen LogP) is 15.1. The normalized spacial score (nSPS) is 11.9. The summed E-state index contributed by atoms with van der Waals surface area (Å²) in [5.74, 6) is 1.50. The molecule has 13 rings (SSSR count). The van der Waals surface area contributed by atoms with Gasteiger partial charge in [0.25, 0.3) is 0 Å². The van der Waals surface area contributed by atoms with E-state index in [9.17, 15) is 0 Å². The molecule has 0 unspecified atom stereocenters. The lowest BCUT2D eigenvalue weighted by atomic mass is 9.92. The Balaban J connectivity index is 0.996. The smallest absolute Gasteiger partial charge is 0.162 e. The Kier molecular flexibility index (Phi) is 7.57. The van der Waals surface area contributed by atoms with Crippen LogP contribution in [0.5, 0.6) is 0 Å². The summed E-state index contributed by atoms with van der Waals surface area (Å²) in [6, 6.07) is 78.5. The molecule has 0 atom stereocenters. The van der Waals surface area contributed by atoms with E-state index in [-0.39, 0.29) is 0 Å². The van der Waals surface area contributed by atoms with Crippen LogP contribution in [0.25, 0.3) is 121 Å². The van der Waals surface area contributed by atoms with Crippen molar-refractivity contribution >= 4 is 75.9 Å². The molecule has 13 aromatic rings. The monoisotopic (exact) mass is 788 g/mol. The minimum atomic E-state index is 0.681. The van der Waals surface area contributed by atoms with Crippen LogP contribution >= 0.6 is 0 Å². The second-order valence-corrected chi connectivity index (χ2v) is 16.2. The lowest BCUT2D eigenvalue weighted by Gasteiger charge is -2.14. The average molecular weight is 789 g/mol. The van der Waals surface area contributed by atoms with Crippen LogP contribution in [0.2, 0.25) is 0 Å². The molecule has 0 aliphatic rings. The molecule has 3 aromatic heterocycles. The maximum absolute atomic E-state index is 5.34. The van der Waals surface area contributed by atoms with Gasteiger partial charge >= 0.3 is 0 Å². The van der Waals surface area contributed by atoms with Crippen LogP contribution in [-0.4, -0.2) is 19.1 Å². The highest BCUT2D eigenvalue weighted by atomic mass is 15.1. The highest BCUT2D eigenvalue weighted by molar-refractivity contribution is 6.25. The van der Waals surface area contributed by atoms with Crippen molar-refractivity contribution in [1.82, 2.24) is 19.1 Å². The average Bonchev–Trinajstić information content (AvgIpc) is 3.87. The Morgan fingerprint density at radius 3 is 1.40 bits per heavy atom. The number of hydrogen-bond acceptors (Lipinski definition) is 2. The molecule has 0 bridgehead atoms. The molecule has 0 saturated heterocycles. The first kappa shape index (κ1) is 34.5. The van der Waals surface area contributed by atoms with E-state index >= 15 is 0 Å². The van der Waals surface area contributed by atoms with Crippen LogP contribution in [-0.2, 0) is 0 Å². The molecule has 62 heavy (non-hydrogen) atoms. The quantitative estimate of drug-likeness (QED) is 0.163. The van der Waals surface area contributed by atoms with Crippen LogP contribution in [0.4, 0.5) is 0 Å². The second-order valence-electron chi connectivity index (χ2n) is 16.2. The first-order valence-electron chi connectivity index (χ1n) is 21.2. The zero-order valence-electron chi connectivity index (χ0n) is 33.6. The lowest BCUT2D eigenvalue weighted by Crippen LogP contribution is -2.02. The molecule has 0 aliphatic carbocycles. The summed E-state index contributed by atoms with van der Waals surface area (Å²) in [6.07, 6.45) is 0. The van der Waals surface area contributed by atoms with E-state index in [2.05, 4.69) is 221 Å². The maximum atomic E-state index is 5.34. The molecule has 10 aromatic carbocycles. The third-order valence-electron chi connectivity index (χ3n) is 12.7. The molecule has 0 radical (unpaired) electrons. The largest absolute Gasteiger partial charge is 0.309 e. The third kappa shape index (κ3) is 5.27. The van der Waals surface area contributed by atoms with Crippen LogP contribution in [0.1, 0.15) is 0 Å². The summed E-state index contributed by atoms with van der Waals surface area (Å²) < 4.78 is 4.69. The van der Waals surface area contributed by atoms with Gasteiger partial charge in [0.05, 0.1) is 27.8 Å². The molecule has 3 heterocycles. The van der Waals surface area contributed by atoms with Gasteiger partial charge in [-0.05, 0) is 92.0 Å². The lowest BCUT2D eigenvalue weighted by molar-refractivity contribution is 1.05. The summed E-state index contributed by atoms with van der Waals surface area (Å²) in [4.78, 5) is 10.6. The highest BCUT2D eigenvalue weighted by Crippen LogP contribution is 2.40. The fourth-order valence-corrected chi connectivity index (χ4v) is 9.91. The van der Waals surface area contributed by atoms with Crippen LogP contribution in [0, 0.1) is 0 Å². The zero-order chi connectivity index (χ0) is 40.7. The number of benzene rings is 10. The van der Waals surface area contributed by atoms with E-state index in [0.29, 0.717) is 5.82 Å². The van der Waals surface area contributed by atoms with Crippen LogP contribution in [0.3, 0.4) is 0 Å². The summed E-state index contributed by atoms with van der Waals surface area (Å²) >= 11 is 0. The van der Waals surface area contributed by atoms with Crippen molar-refractivity contribution in [3.63, 3.8) is 0 Å². The van der Waals surface area contributed by atoms with Gasteiger partial charge in [-0.3, -0.25) is 4.57 Å². The molecule has 0 N–H and O–H groups in total. The number of aromatic nitrogens is 4. The van der Waals surface area contributed by atoms with Crippen molar-refractivity contribution in [1.29, 1.82) is 0 Å². The van der Waals surface area contributed by atoms with Crippen LogP contribution in [0.15, 0.2) is 218 Å². The highest BCUT2D eigenvalue weighted by Gasteiger charge is 2.19. The zero-order valence-corrected chi connectivity index (χ0v) is 33.6. The summed E-state index contributed by atoms with van der Waals surface area (Å²) in [5.41, 5.74) is 10.8. The summed E-state index contributed by atoms with van der Waals surface area (Å²) in [5, 5.41) is 12.5. The predicted molar refractivity (Wildman–Crippen MR) is 260 cm³/mol. The van der Waals surface area contributed by atoms with E-state index < -0.39 is 0 Å². The minimum absolute atomic E-state index is 0.681. The number of rotatable bonds is 5. The van der Waals surface area contributed by atoms with Gasteiger partial charge in [-0.2, -0.15) is 0 Å². The third-order valence-corrected chi connectivity index (χ3v) is 12.7. The minimum Gasteiger partial charge on any atom is -0.309 e. The Morgan fingerprint density at radius 1 is 0.258 bits per heavy atom. The molecule has 4 nitrogen and oxygen atoms in total. The van der Waals surface area contributed by atoms with Gasteiger partial charge in [0, 0.05) is 44.4 Å². The van der Waals surface area contributed by atoms with E-state index in [1.54, 1.807) is 0 Å². The standard InChI is InChI=1S/C58H36N4/c1-2-15-37(16-3-1)58-59-52(40-18-14-17-38(33-40)39-29-31-46-44-21-5-4-19-42(44)43-20-6-7-22-45(43)50(46)34-39)36-57(60-58)62-55-28-13-10-25-49(55)51-35-41(30-32-56(51)62)61-53-26-11-8-23-47(53)48-24-9-12-27-54(48)61/h1-36H. The molecule has 0 aliphatic heterocycles. The Labute approximate surface area is 357 Å². The van der Waals surface area contributed by atoms with Gasteiger partial charge in [0.2, 0.25) is 0 Å². The van der Waals surface area contributed by atoms with E-state index in [4.69, 9.17) is 9.97 Å². The van der Waals surface area contributed by atoms with Gasteiger partial charge in [0.1, 0.15) is 5.82 Å². The van der Waals surface area contributed by atoms with Gasteiger partial charge in [0.15, 0.2) is 5.82 Å². The number of nitrogens with zero attached hydrogens (tertiary/aromatic N) is 4. The molecule has 288 valence electrons. The van der Waals surface area contributed by atoms with Crippen LogP contribution < -0.4 is 0 Å². The summed E-state index contributed by atoms with van der Waals surface area (Å²) in [7, 11) is 0. The van der Waals surface area contributed by atoms with Crippen molar-refractivity contribution in [3.8, 4) is 45.3 Å². The molecule has 0 fully saturated rings. The van der Waals surface area contributed by atoms with E-state index in [0.717, 1.165) is 44.9 Å². The van der Waals surface area contributed by atoms with Crippen molar-refractivity contribution < 1.29 is 0 Å². The van der Waals surface area contributed by atoms with Crippen molar-refractivity contribution in [3.05, 3.63) is 218 Å². The van der Waals surface area contributed by atoms with Crippen molar-refractivity contribution in [2.45, 2.75) is 0 Å². The Hall–Kier alpha value is -8.34. The number of para-hydroxylation sites is 3. The fourth-order valence-electron chi connectivity index (χ4n) is 9.91. The van der Waals surface area contributed by atoms with Gasteiger partial charge < -0.3 is 4.57 Å².